The minimum atomic E-state index is 0.233. The second-order valence-electron chi connectivity index (χ2n) is 6.01. The first-order chi connectivity index (χ1) is 10.8. The highest BCUT2D eigenvalue weighted by atomic mass is 16.3. The van der Waals surface area contributed by atoms with Gasteiger partial charge in [0.2, 0.25) is 0 Å². The molecule has 2 rings (SSSR count). The van der Waals surface area contributed by atoms with Crippen molar-refractivity contribution in [1.82, 2.24) is 4.90 Å². The van der Waals surface area contributed by atoms with E-state index in [-0.39, 0.29) is 18.6 Å². The standard InChI is InChI=1S/C20H27NO/c1-3-14-21(15-17(2)16-22)20(18-10-6-4-7-11-18)19-12-8-5-9-13-19/h4-13,17,20,22H,3,14-16H2,1-2H3. The van der Waals surface area contributed by atoms with Gasteiger partial charge in [-0.2, -0.15) is 0 Å². The number of rotatable bonds is 8. The molecule has 0 saturated heterocycles. The molecule has 0 radical (unpaired) electrons. The molecule has 0 aromatic heterocycles. The number of hydrogen-bond donors (Lipinski definition) is 1. The van der Waals surface area contributed by atoms with Crippen molar-refractivity contribution in [3.63, 3.8) is 0 Å². The summed E-state index contributed by atoms with van der Waals surface area (Å²) >= 11 is 0. The molecule has 2 aromatic carbocycles. The second kappa shape index (κ2) is 8.72. The predicted molar refractivity (Wildman–Crippen MR) is 92.8 cm³/mol. The van der Waals surface area contributed by atoms with E-state index in [0.29, 0.717) is 0 Å². The van der Waals surface area contributed by atoms with Crippen molar-refractivity contribution in [2.45, 2.75) is 26.3 Å². The Kier molecular flexibility index (Phi) is 6.63. The van der Waals surface area contributed by atoms with Crippen LogP contribution in [0.25, 0.3) is 0 Å². The van der Waals surface area contributed by atoms with Crippen molar-refractivity contribution < 1.29 is 5.11 Å². The third kappa shape index (κ3) is 4.43. The lowest BCUT2D eigenvalue weighted by molar-refractivity contribution is 0.150. The molecular formula is C20H27NO. The summed E-state index contributed by atoms with van der Waals surface area (Å²) in [6.45, 7) is 6.48. The molecule has 0 aliphatic rings. The van der Waals surface area contributed by atoms with Crippen LogP contribution in [0.2, 0.25) is 0 Å². The van der Waals surface area contributed by atoms with E-state index in [4.69, 9.17) is 0 Å². The largest absolute Gasteiger partial charge is 0.396 e. The van der Waals surface area contributed by atoms with Crippen LogP contribution in [-0.4, -0.2) is 29.7 Å². The highest BCUT2D eigenvalue weighted by Gasteiger charge is 2.22. The number of nitrogens with zero attached hydrogens (tertiary/aromatic N) is 1. The molecule has 0 fully saturated rings. The Morgan fingerprint density at radius 2 is 1.41 bits per heavy atom. The Morgan fingerprint density at radius 1 is 0.909 bits per heavy atom. The monoisotopic (exact) mass is 297 g/mol. The van der Waals surface area contributed by atoms with E-state index < -0.39 is 0 Å². The third-order valence-electron chi connectivity index (χ3n) is 3.96. The van der Waals surface area contributed by atoms with Gasteiger partial charge in [-0.15, -0.1) is 0 Å². The maximum atomic E-state index is 9.45. The summed E-state index contributed by atoms with van der Waals surface area (Å²) in [5.41, 5.74) is 2.62. The molecule has 118 valence electrons. The lowest BCUT2D eigenvalue weighted by atomic mass is 9.96. The number of aliphatic hydroxyl groups is 1. The molecule has 2 nitrogen and oxygen atoms in total. The van der Waals surface area contributed by atoms with Gasteiger partial charge < -0.3 is 5.11 Å². The van der Waals surface area contributed by atoms with Crippen molar-refractivity contribution in [3.05, 3.63) is 71.8 Å². The number of benzene rings is 2. The van der Waals surface area contributed by atoms with Crippen LogP contribution in [0, 0.1) is 5.92 Å². The van der Waals surface area contributed by atoms with Crippen LogP contribution in [-0.2, 0) is 0 Å². The lowest BCUT2D eigenvalue weighted by Crippen LogP contribution is -2.35. The minimum absolute atomic E-state index is 0.233. The average molecular weight is 297 g/mol. The maximum absolute atomic E-state index is 9.45. The molecule has 22 heavy (non-hydrogen) atoms. The zero-order valence-corrected chi connectivity index (χ0v) is 13.7. The van der Waals surface area contributed by atoms with Crippen LogP contribution in [0.15, 0.2) is 60.7 Å². The van der Waals surface area contributed by atoms with Crippen LogP contribution in [0.5, 0.6) is 0 Å². The maximum Gasteiger partial charge on any atom is 0.0601 e. The summed E-state index contributed by atoms with van der Waals surface area (Å²) in [7, 11) is 0. The molecule has 1 unspecified atom stereocenters. The molecule has 0 saturated carbocycles. The van der Waals surface area contributed by atoms with E-state index in [1.165, 1.54) is 11.1 Å². The van der Waals surface area contributed by atoms with Gasteiger partial charge in [-0.3, -0.25) is 4.90 Å². The van der Waals surface area contributed by atoms with Gasteiger partial charge in [0.05, 0.1) is 6.04 Å². The molecule has 0 heterocycles. The van der Waals surface area contributed by atoms with Gasteiger partial charge in [0, 0.05) is 13.2 Å². The van der Waals surface area contributed by atoms with Gasteiger partial charge in [-0.25, -0.2) is 0 Å². The number of hydrogen-bond acceptors (Lipinski definition) is 2. The molecule has 0 bridgehead atoms. The van der Waals surface area contributed by atoms with Crippen LogP contribution in [0.4, 0.5) is 0 Å². The van der Waals surface area contributed by atoms with Gasteiger partial charge in [-0.1, -0.05) is 74.5 Å². The molecule has 1 N–H and O–H groups in total. The topological polar surface area (TPSA) is 23.5 Å². The van der Waals surface area contributed by atoms with Gasteiger partial charge in [0.1, 0.15) is 0 Å². The summed E-state index contributed by atoms with van der Waals surface area (Å²) in [6, 6.07) is 21.6. The van der Waals surface area contributed by atoms with Crippen molar-refractivity contribution >= 4 is 0 Å². The highest BCUT2D eigenvalue weighted by molar-refractivity contribution is 5.31. The van der Waals surface area contributed by atoms with Crippen molar-refractivity contribution in [3.8, 4) is 0 Å². The predicted octanol–water partition coefficient (Wildman–Crippen LogP) is 4.12. The zero-order valence-electron chi connectivity index (χ0n) is 13.7. The molecular weight excluding hydrogens is 270 g/mol. The molecule has 2 aromatic rings. The normalized spacial score (nSPS) is 12.8. The number of aliphatic hydroxyl groups excluding tert-OH is 1. The zero-order chi connectivity index (χ0) is 15.8. The first-order valence-corrected chi connectivity index (χ1v) is 8.21. The van der Waals surface area contributed by atoms with E-state index >= 15 is 0 Å². The highest BCUT2D eigenvalue weighted by Crippen LogP contribution is 2.29. The minimum Gasteiger partial charge on any atom is -0.396 e. The quantitative estimate of drug-likeness (QED) is 0.792. The van der Waals surface area contributed by atoms with Gasteiger partial charge in [0.15, 0.2) is 0 Å². The van der Waals surface area contributed by atoms with Gasteiger partial charge in [0.25, 0.3) is 0 Å². The summed E-state index contributed by atoms with van der Waals surface area (Å²) in [5.74, 6) is 0.279. The summed E-state index contributed by atoms with van der Waals surface area (Å²) in [6.07, 6.45) is 1.11. The molecule has 0 amide bonds. The van der Waals surface area contributed by atoms with Gasteiger partial charge in [-0.05, 0) is 30.0 Å². The molecule has 0 aliphatic heterocycles. The Labute approximate surface area is 134 Å². The van der Waals surface area contributed by atoms with E-state index in [2.05, 4.69) is 79.4 Å². The van der Waals surface area contributed by atoms with E-state index in [0.717, 1.165) is 19.5 Å². The fourth-order valence-corrected chi connectivity index (χ4v) is 2.96. The lowest BCUT2D eigenvalue weighted by Gasteiger charge is -2.34. The Bertz CT molecular complexity index is 486. The van der Waals surface area contributed by atoms with Crippen LogP contribution >= 0.6 is 0 Å². The molecule has 1 atom stereocenters. The first kappa shape index (κ1) is 16.7. The fourth-order valence-electron chi connectivity index (χ4n) is 2.96. The fraction of sp³-hybridized carbons (Fsp3) is 0.400. The Balaban J connectivity index is 2.37. The van der Waals surface area contributed by atoms with E-state index in [9.17, 15) is 5.11 Å². The van der Waals surface area contributed by atoms with Crippen LogP contribution < -0.4 is 0 Å². The average Bonchev–Trinajstić information content (AvgIpc) is 2.57. The Morgan fingerprint density at radius 3 is 1.82 bits per heavy atom. The van der Waals surface area contributed by atoms with Crippen LogP contribution in [0.1, 0.15) is 37.4 Å². The van der Waals surface area contributed by atoms with Gasteiger partial charge >= 0.3 is 0 Å². The van der Waals surface area contributed by atoms with Crippen molar-refractivity contribution in [2.75, 3.05) is 19.7 Å². The molecule has 0 spiro atoms. The second-order valence-corrected chi connectivity index (χ2v) is 6.01. The Hall–Kier alpha value is -1.64. The van der Waals surface area contributed by atoms with E-state index in [1.54, 1.807) is 0 Å². The third-order valence-corrected chi connectivity index (χ3v) is 3.96. The SMILES string of the molecule is CCCN(CC(C)CO)C(c1ccccc1)c1ccccc1. The van der Waals surface area contributed by atoms with Crippen molar-refractivity contribution in [2.24, 2.45) is 5.92 Å². The summed E-state index contributed by atoms with van der Waals surface area (Å²) in [4.78, 5) is 2.49. The molecule has 2 heteroatoms. The van der Waals surface area contributed by atoms with Crippen LogP contribution in [0.3, 0.4) is 0 Å². The summed E-state index contributed by atoms with van der Waals surface area (Å²) < 4.78 is 0. The molecule has 0 aliphatic carbocycles. The smallest absolute Gasteiger partial charge is 0.0601 e. The van der Waals surface area contributed by atoms with E-state index in [1.807, 2.05) is 0 Å². The van der Waals surface area contributed by atoms with Crippen molar-refractivity contribution in [1.29, 1.82) is 0 Å². The summed E-state index contributed by atoms with van der Waals surface area (Å²) in [5, 5.41) is 9.45. The first-order valence-electron chi connectivity index (χ1n) is 8.21.